The minimum absolute atomic E-state index is 0.354. The summed E-state index contributed by atoms with van der Waals surface area (Å²) in [5.41, 5.74) is 1.31. The molecule has 2 atom stereocenters. The van der Waals surface area contributed by atoms with Crippen molar-refractivity contribution >= 4 is 0 Å². The Balaban J connectivity index is 1.92. The number of hydrogen-bond donors (Lipinski definition) is 1. The van der Waals surface area contributed by atoms with Crippen LogP contribution in [0, 0.1) is 5.92 Å². The number of ether oxygens (including phenoxy) is 2. The second kappa shape index (κ2) is 3.42. The molecule has 0 aliphatic carbocycles. The third-order valence-corrected chi connectivity index (χ3v) is 3.29. The molecular formula is C12H15NO2. The van der Waals surface area contributed by atoms with Crippen molar-refractivity contribution in [1.82, 2.24) is 5.32 Å². The molecule has 1 aromatic carbocycles. The molecule has 3 heteroatoms. The van der Waals surface area contributed by atoms with Gasteiger partial charge in [0.2, 0.25) is 6.79 Å². The van der Waals surface area contributed by atoms with Crippen LogP contribution in [-0.2, 0) is 0 Å². The first-order chi connectivity index (χ1) is 7.34. The third kappa shape index (κ3) is 1.47. The molecule has 0 radical (unpaired) electrons. The van der Waals surface area contributed by atoms with Gasteiger partial charge < -0.3 is 14.8 Å². The van der Waals surface area contributed by atoms with Gasteiger partial charge in [0.1, 0.15) is 0 Å². The first-order valence-electron chi connectivity index (χ1n) is 5.47. The predicted octanol–water partition coefficient (Wildman–Crippen LogP) is 2.09. The molecule has 1 saturated heterocycles. The van der Waals surface area contributed by atoms with Crippen molar-refractivity contribution in [3.8, 4) is 11.5 Å². The smallest absolute Gasteiger partial charge is 0.231 e. The van der Waals surface area contributed by atoms with E-state index in [0.717, 1.165) is 18.0 Å². The summed E-state index contributed by atoms with van der Waals surface area (Å²) in [7, 11) is 0. The Morgan fingerprint density at radius 2 is 2.13 bits per heavy atom. The first-order valence-corrected chi connectivity index (χ1v) is 5.47. The number of benzene rings is 1. The van der Waals surface area contributed by atoms with Gasteiger partial charge in [0.05, 0.1) is 0 Å². The van der Waals surface area contributed by atoms with E-state index in [-0.39, 0.29) is 0 Å². The Bertz CT molecular complexity index is 378. The molecule has 2 aliphatic heterocycles. The second-order valence-electron chi connectivity index (χ2n) is 4.31. The predicted molar refractivity (Wildman–Crippen MR) is 57.1 cm³/mol. The van der Waals surface area contributed by atoms with E-state index in [2.05, 4.69) is 24.4 Å². The molecule has 1 N–H and O–H groups in total. The van der Waals surface area contributed by atoms with Crippen LogP contribution in [0.25, 0.3) is 0 Å². The molecule has 15 heavy (non-hydrogen) atoms. The lowest BCUT2D eigenvalue weighted by Gasteiger charge is -2.16. The van der Waals surface area contributed by atoms with Gasteiger partial charge in [0, 0.05) is 6.04 Å². The van der Waals surface area contributed by atoms with Crippen molar-refractivity contribution < 1.29 is 9.47 Å². The van der Waals surface area contributed by atoms with Crippen LogP contribution in [0.5, 0.6) is 11.5 Å². The average molecular weight is 205 g/mol. The molecule has 0 bridgehead atoms. The zero-order valence-electron chi connectivity index (χ0n) is 8.82. The molecule has 0 spiro atoms. The SMILES string of the molecule is CC1CCNC1c1ccc2c(c1)OCO2. The maximum atomic E-state index is 5.38. The van der Waals surface area contributed by atoms with Gasteiger partial charge in [-0.25, -0.2) is 0 Å². The number of nitrogens with one attached hydrogen (secondary N) is 1. The summed E-state index contributed by atoms with van der Waals surface area (Å²) in [6, 6.07) is 6.71. The fourth-order valence-electron chi connectivity index (χ4n) is 2.39. The summed E-state index contributed by atoms with van der Waals surface area (Å²) in [5.74, 6) is 2.45. The summed E-state index contributed by atoms with van der Waals surface area (Å²) in [6.45, 7) is 3.75. The highest BCUT2D eigenvalue weighted by molar-refractivity contribution is 5.45. The Morgan fingerprint density at radius 3 is 2.93 bits per heavy atom. The van der Waals surface area contributed by atoms with E-state index in [1.165, 1.54) is 12.0 Å². The molecule has 0 aromatic heterocycles. The summed E-state index contributed by atoms with van der Waals surface area (Å²) >= 11 is 0. The molecule has 2 aliphatic rings. The van der Waals surface area contributed by atoms with Gasteiger partial charge in [-0.1, -0.05) is 13.0 Å². The van der Waals surface area contributed by atoms with E-state index >= 15 is 0 Å². The van der Waals surface area contributed by atoms with Crippen LogP contribution in [-0.4, -0.2) is 13.3 Å². The van der Waals surface area contributed by atoms with Crippen LogP contribution >= 0.6 is 0 Å². The molecule has 2 unspecified atom stereocenters. The van der Waals surface area contributed by atoms with Gasteiger partial charge in [-0.15, -0.1) is 0 Å². The fraction of sp³-hybridized carbons (Fsp3) is 0.500. The fourth-order valence-corrected chi connectivity index (χ4v) is 2.39. The lowest BCUT2D eigenvalue weighted by molar-refractivity contribution is 0.174. The van der Waals surface area contributed by atoms with Crippen molar-refractivity contribution in [3.63, 3.8) is 0 Å². The number of fused-ring (bicyclic) bond motifs is 1. The molecule has 1 aromatic rings. The molecule has 3 nitrogen and oxygen atoms in total. The summed E-state index contributed by atoms with van der Waals surface area (Å²) < 4.78 is 10.7. The molecule has 1 fully saturated rings. The molecule has 0 amide bonds. The van der Waals surface area contributed by atoms with Crippen molar-refractivity contribution in [1.29, 1.82) is 0 Å². The summed E-state index contributed by atoms with van der Waals surface area (Å²) in [4.78, 5) is 0. The Morgan fingerprint density at radius 1 is 1.27 bits per heavy atom. The summed E-state index contributed by atoms with van der Waals surface area (Å²) in [5, 5.41) is 3.52. The Hall–Kier alpha value is -1.22. The quantitative estimate of drug-likeness (QED) is 0.761. The molecule has 3 rings (SSSR count). The second-order valence-corrected chi connectivity index (χ2v) is 4.31. The maximum absolute atomic E-state index is 5.38. The van der Waals surface area contributed by atoms with E-state index in [1.807, 2.05) is 6.07 Å². The van der Waals surface area contributed by atoms with Gasteiger partial charge in [0.25, 0.3) is 0 Å². The Labute approximate surface area is 89.4 Å². The van der Waals surface area contributed by atoms with Gasteiger partial charge >= 0.3 is 0 Å². The maximum Gasteiger partial charge on any atom is 0.231 e. The zero-order chi connectivity index (χ0) is 10.3. The topological polar surface area (TPSA) is 30.5 Å². The van der Waals surface area contributed by atoms with E-state index in [4.69, 9.17) is 9.47 Å². The summed E-state index contributed by atoms with van der Waals surface area (Å²) in [6.07, 6.45) is 1.25. The van der Waals surface area contributed by atoms with Crippen molar-refractivity contribution in [2.24, 2.45) is 5.92 Å². The largest absolute Gasteiger partial charge is 0.454 e. The van der Waals surface area contributed by atoms with Crippen molar-refractivity contribution in [2.75, 3.05) is 13.3 Å². The average Bonchev–Trinajstić information content (AvgIpc) is 2.84. The van der Waals surface area contributed by atoms with Crippen LogP contribution < -0.4 is 14.8 Å². The van der Waals surface area contributed by atoms with Crippen LogP contribution in [0.1, 0.15) is 24.9 Å². The molecular weight excluding hydrogens is 190 g/mol. The molecule has 2 heterocycles. The lowest BCUT2D eigenvalue weighted by atomic mass is 9.96. The van der Waals surface area contributed by atoms with Crippen molar-refractivity contribution in [2.45, 2.75) is 19.4 Å². The highest BCUT2D eigenvalue weighted by Crippen LogP contribution is 2.37. The third-order valence-electron chi connectivity index (χ3n) is 3.29. The first kappa shape index (κ1) is 9.04. The van der Waals surface area contributed by atoms with E-state index in [1.54, 1.807) is 0 Å². The van der Waals surface area contributed by atoms with Gasteiger partial charge in [-0.2, -0.15) is 0 Å². The van der Waals surface area contributed by atoms with E-state index < -0.39 is 0 Å². The van der Waals surface area contributed by atoms with Crippen LogP contribution in [0.15, 0.2) is 18.2 Å². The normalized spacial score (nSPS) is 28.3. The highest BCUT2D eigenvalue weighted by Gasteiger charge is 2.25. The Kier molecular flexibility index (Phi) is 2.06. The molecule has 80 valence electrons. The van der Waals surface area contributed by atoms with E-state index in [0.29, 0.717) is 18.8 Å². The van der Waals surface area contributed by atoms with E-state index in [9.17, 15) is 0 Å². The van der Waals surface area contributed by atoms with Crippen LogP contribution in [0.4, 0.5) is 0 Å². The molecule has 0 saturated carbocycles. The lowest BCUT2D eigenvalue weighted by Crippen LogP contribution is -2.16. The van der Waals surface area contributed by atoms with Gasteiger partial charge in [0.15, 0.2) is 11.5 Å². The number of rotatable bonds is 1. The highest BCUT2D eigenvalue weighted by atomic mass is 16.7. The van der Waals surface area contributed by atoms with Crippen molar-refractivity contribution in [3.05, 3.63) is 23.8 Å². The monoisotopic (exact) mass is 205 g/mol. The minimum atomic E-state index is 0.354. The minimum Gasteiger partial charge on any atom is -0.454 e. The zero-order valence-corrected chi connectivity index (χ0v) is 8.82. The van der Waals surface area contributed by atoms with Gasteiger partial charge in [-0.3, -0.25) is 0 Å². The van der Waals surface area contributed by atoms with Gasteiger partial charge in [-0.05, 0) is 36.6 Å². The number of hydrogen-bond acceptors (Lipinski definition) is 3. The van der Waals surface area contributed by atoms with Crippen LogP contribution in [0.2, 0.25) is 0 Å². The van der Waals surface area contributed by atoms with Crippen LogP contribution in [0.3, 0.4) is 0 Å². The standard InChI is InChI=1S/C12H15NO2/c1-8-4-5-13-12(8)9-2-3-10-11(6-9)15-7-14-10/h2-3,6,8,12-13H,4-5,7H2,1H3.